The van der Waals surface area contributed by atoms with Crippen molar-refractivity contribution in [3.63, 3.8) is 0 Å². The van der Waals surface area contributed by atoms with Crippen LogP contribution < -0.4 is 11.6 Å². The van der Waals surface area contributed by atoms with Gasteiger partial charge in [-0.1, -0.05) is 30.7 Å². The first-order valence-corrected chi connectivity index (χ1v) is 8.62. The van der Waals surface area contributed by atoms with Crippen LogP contribution in [-0.4, -0.2) is 21.9 Å². The molecule has 0 fully saturated rings. The predicted molar refractivity (Wildman–Crippen MR) is 94.8 cm³/mol. The SMILES string of the molecule is CCC(O)(/C(N)=C/N(N)Cc1ccc2c(Cl)c(C#N)sc2c1)C(F)(F)F. The normalized spacial score (nSPS) is 14.9. The second-order valence-electron chi connectivity index (χ2n) is 5.66. The van der Waals surface area contributed by atoms with E-state index in [1.54, 1.807) is 18.2 Å². The number of hydrogen-bond donors (Lipinski definition) is 3. The van der Waals surface area contributed by atoms with E-state index in [-0.39, 0.29) is 6.54 Å². The molecule has 0 bridgehead atoms. The zero-order valence-corrected chi connectivity index (χ0v) is 15.2. The van der Waals surface area contributed by atoms with Gasteiger partial charge in [-0.15, -0.1) is 11.3 Å². The van der Waals surface area contributed by atoms with Crippen molar-refractivity contribution >= 4 is 33.0 Å². The smallest absolute Gasteiger partial charge is 0.398 e. The number of aliphatic hydroxyl groups is 1. The van der Waals surface area contributed by atoms with Gasteiger partial charge in [-0.3, -0.25) is 0 Å². The highest BCUT2D eigenvalue weighted by Gasteiger charge is 2.54. The zero-order chi connectivity index (χ0) is 19.7. The lowest BCUT2D eigenvalue weighted by molar-refractivity contribution is -0.245. The Labute approximate surface area is 156 Å². The molecule has 140 valence electrons. The topological polar surface area (TPSA) is 99.3 Å². The number of nitriles is 1. The molecule has 5 N–H and O–H groups in total. The molecule has 0 amide bonds. The summed E-state index contributed by atoms with van der Waals surface area (Å²) in [6.45, 7) is 1.22. The maximum Gasteiger partial charge on any atom is 0.422 e. The van der Waals surface area contributed by atoms with Crippen LogP contribution in [0, 0.1) is 11.3 Å². The van der Waals surface area contributed by atoms with Gasteiger partial charge in [0, 0.05) is 16.3 Å². The van der Waals surface area contributed by atoms with E-state index in [1.807, 2.05) is 6.07 Å². The molecule has 10 heteroatoms. The number of benzene rings is 1. The molecule has 0 aliphatic rings. The molecule has 2 rings (SSSR count). The van der Waals surface area contributed by atoms with E-state index >= 15 is 0 Å². The van der Waals surface area contributed by atoms with Crippen LogP contribution in [0.3, 0.4) is 0 Å². The molecule has 1 aromatic heterocycles. The largest absolute Gasteiger partial charge is 0.422 e. The van der Waals surface area contributed by atoms with Crippen LogP contribution in [0.4, 0.5) is 13.2 Å². The van der Waals surface area contributed by atoms with Crippen molar-refractivity contribution < 1.29 is 18.3 Å². The minimum absolute atomic E-state index is 0.0473. The monoisotopic (exact) mass is 404 g/mol. The third kappa shape index (κ3) is 3.73. The lowest BCUT2D eigenvalue weighted by Gasteiger charge is -2.30. The van der Waals surface area contributed by atoms with Crippen molar-refractivity contribution in [3.8, 4) is 6.07 Å². The predicted octanol–water partition coefficient (Wildman–Crippen LogP) is 3.61. The van der Waals surface area contributed by atoms with E-state index in [2.05, 4.69) is 0 Å². The highest BCUT2D eigenvalue weighted by Crippen LogP contribution is 2.37. The van der Waals surface area contributed by atoms with Gasteiger partial charge < -0.3 is 15.8 Å². The van der Waals surface area contributed by atoms with Crippen LogP contribution >= 0.6 is 22.9 Å². The lowest BCUT2D eigenvalue weighted by atomic mass is 9.96. The molecule has 0 aliphatic heterocycles. The van der Waals surface area contributed by atoms with E-state index < -0.39 is 23.9 Å². The molecule has 0 aliphatic carbocycles. The molecule has 1 atom stereocenters. The van der Waals surface area contributed by atoms with E-state index in [0.29, 0.717) is 20.8 Å². The van der Waals surface area contributed by atoms with Crippen LogP contribution in [0.15, 0.2) is 30.1 Å². The third-order valence-corrected chi connectivity index (χ3v) is 5.49. The number of nitrogens with two attached hydrogens (primary N) is 2. The van der Waals surface area contributed by atoms with Crippen LogP contribution in [0.5, 0.6) is 0 Å². The molecule has 1 unspecified atom stereocenters. The van der Waals surface area contributed by atoms with Gasteiger partial charge in [0.15, 0.2) is 0 Å². The Bertz CT molecular complexity index is 890. The minimum Gasteiger partial charge on any atom is -0.398 e. The summed E-state index contributed by atoms with van der Waals surface area (Å²) in [6.07, 6.45) is -4.68. The lowest BCUT2D eigenvalue weighted by Crippen LogP contribution is -2.49. The quantitative estimate of drug-likeness (QED) is 0.522. The van der Waals surface area contributed by atoms with Crippen molar-refractivity contribution in [2.45, 2.75) is 31.7 Å². The Morgan fingerprint density at radius 2 is 2.12 bits per heavy atom. The Balaban J connectivity index is 2.25. The maximum absolute atomic E-state index is 13.0. The molecule has 0 saturated heterocycles. The number of halogens is 4. The van der Waals surface area contributed by atoms with E-state index in [9.17, 15) is 18.3 Å². The Hall–Kier alpha value is -1.99. The van der Waals surface area contributed by atoms with Gasteiger partial charge >= 0.3 is 6.18 Å². The first-order valence-electron chi connectivity index (χ1n) is 7.42. The summed E-state index contributed by atoms with van der Waals surface area (Å²) in [5.74, 6) is 5.73. The molecular formula is C16H16ClF3N4OS. The van der Waals surface area contributed by atoms with E-state index in [1.165, 1.54) is 18.3 Å². The van der Waals surface area contributed by atoms with Crippen LogP contribution in [0.2, 0.25) is 5.02 Å². The van der Waals surface area contributed by atoms with Crippen LogP contribution in [0.1, 0.15) is 23.8 Å². The molecule has 0 spiro atoms. The molecule has 2 aromatic rings. The van der Waals surface area contributed by atoms with Crippen molar-refractivity contribution in [1.82, 2.24) is 5.01 Å². The average Bonchev–Trinajstić information content (AvgIpc) is 2.88. The summed E-state index contributed by atoms with van der Waals surface area (Å²) >= 11 is 7.29. The summed E-state index contributed by atoms with van der Waals surface area (Å²) in [4.78, 5) is 0.380. The van der Waals surface area contributed by atoms with Gasteiger partial charge in [0.25, 0.3) is 0 Å². The molecule has 0 saturated carbocycles. The fraction of sp³-hybridized carbons (Fsp3) is 0.312. The Kier molecular flexibility index (Phi) is 5.73. The van der Waals surface area contributed by atoms with Gasteiger partial charge in [-0.25, -0.2) is 5.84 Å². The molecule has 5 nitrogen and oxygen atoms in total. The number of thiophene rings is 1. The van der Waals surface area contributed by atoms with Gasteiger partial charge in [-0.05, 0) is 18.1 Å². The number of alkyl halides is 3. The molecule has 0 radical (unpaired) electrons. The van der Waals surface area contributed by atoms with Crippen LogP contribution in [-0.2, 0) is 6.54 Å². The van der Waals surface area contributed by atoms with Gasteiger partial charge in [0.2, 0.25) is 5.60 Å². The number of fused-ring (bicyclic) bond motifs is 1. The summed E-state index contributed by atoms with van der Waals surface area (Å²) < 4.78 is 39.8. The van der Waals surface area contributed by atoms with E-state index in [4.69, 9.17) is 28.4 Å². The standard InChI is InChI=1S/C16H16ClF3N4OS/c1-2-15(25,16(18,19)20)13(22)8-24(23)7-9-3-4-10-11(5-9)26-12(6-21)14(10)17/h3-5,8,25H,2,7,22-23H2,1H3/b13-8-. The molecule has 1 aromatic carbocycles. The number of nitrogens with zero attached hydrogens (tertiary/aromatic N) is 2. The van der Waals surface area contributed by atoms with Crippen molar-refractivity contribution in [1.29, 1.82) is 5.26 Å². The molecular weight excluding hydrogens is 389 g/mol. The van der Waals surface area contributed by atoms with Gasteiger partial charge in [-0.2, -0.15) is 18.4 Å². The maximum atomic E-state index is 13.0. The molecule has 1 heterocycles. The van der Waals surface area contributed by atoms with E-state index in [0.717, 1.165) is 15.9 Å². The van der Waals surface area contributed by atoms with Crippen molar-refractivity contribution in [2.75, 3.05) is 0 Å². The fourth-order valence-corrected chi connectivity index (χ4v) is 3.72. The highest BCUT2D eigenvalue weighted by molar-refractivity contribution is 7.20. The van der Waals surface area contributed by atoms with Crippen molar-refractivity contribution in [3.05, 3.63) is 45.6 Å². The number of hydrazine groups is 1. The fourth-order valence-electron chi connectivity index (χ4n) is 2.39. The van der Waals surface area contributed by atoms with Crippen LogP contribution in [0.25, 0.3) is 10.1 Å². The first-order chi connectivity index (χ1) is 12.0. The van der Waals surface area contributed by atoms with Crippen molar-refractivity contribution in [2.24, 2.45) is 11.6 Å². The average molecular weight is 405 g/mol. The number of hydrogen-bond acceptors (Lipinski definition) is 6. The second-order valence-corrected chi connectivity index (χ2v) is 7.09. The third-order valence-electron chi connectivity index (χ3n) is 3.92. The first kappa shape index (κ1) is 20.3. The summed E-state index contributed by atoms with van der Waals surface area (Å²) in [5, 5.41) is 20.9. The summed E-state index contributed by atoms with van der Waals surface area (Å²) in [6, 6.07) is 7.15. The number of rotatable bonds is 5. The van der Waals surface area contributed by atoms with Gasteiger partial charge in [0.1, 0.15) is 10.9 Å². The summed E-state index contributed by atoms with van der Waals surface area (Å²) in [5.41, 5.74) is 2.20. The zero-order valence-electron chi connectivity index (χ0n) is 13.6. The Morgan fingerprint density at radius 1 is 1.46 bits per heavy atom. The second kappa shape index (κ2) is 7.32. The Morgan fingerprint density at radius 3 is 2.65 bits per heavy atom. The minimum atomic E-state index is -4.91. The molecule has 26 heavy (non-hydrogen) atoms. The summed E-state index contributed by atoms with van der Waals surface area (Å²) in [7, 11) is 0. The van der Waals surface area contributed by atoms with Gasteiger partial charge in [0.05, 0.1) is 17.3 Å². The highest BCUT2D eigenvalue weighted by atomic mass is 35.5.